The monoisotopic (exact) mass is 631 g/mol. The van der Waals surface area contributed by atoms with Crippen molar-refractivity contribution < 1.29 is 18.8 Å². The zero-order valence-corrected chi connectivity index (χ0v) is 22.1. The fourth-order valence-electron chi connectivity index (χ4n) is 3.39. The number of benzene rings is 3. The van der Waals surface area contributed by atoms with Gasteiger partial charge in [-0.3, -0.25) is 19.7 Å². The van der Waals surface area contributed by atoms with Crippen molar-refractivity contribution in [3.63, 3.8) is 0 Å². The number of nitro groups is 1. The van der Waals surface area contributed by atoms with Crippen molar-refractivity contribution in [3.8, 4) is 5.75 Å². The van der Waals surface area contributed by atoms with E-state index in [4.69, 9.17) is 4.74 Å². The summed E-state index contributed by atoms with van der Waals surface area (Å²) in [7, 11) is 0. The van der Waals surface area contributed by atoms with Gasteiger partial charge in [0.2, 0.25) is 5.75 Å². The number of carbonyl (C=O) groups is 1. The normalized spacial score (nSPS) is 11.1. The molecule has 1 heterocycles. The number of aromatic nitrogens is 2. The van der Waals surface area contributed by atoms with Crippen molar-refractivity contribution in [2.75, 3.05) is 11.9 Å². The van der Waals surface area contributed by atoms with Crippen molar-refractivity contribution in [2.24, 2.45) is 5.10 Å². The van der Waals surface area contributed by atoms with Crippen molar-refractivity contribution in [1.82, 2.24) is 9.66 Å². The molecular formula is C24H16Br2FN5O5. The Balaban J connectivity index is 1.69. The van der Waals surface area contributed by atoms with Gasteiger partial charge in [-0.15, -0.1) is 0 Å². The zero-order valence-electron chi connectivity index (χ0n) is 18.9. The van der Waals surface area contributed by atoms with Crippen LogP contribution in [0.25, 0.3) is 10.9 Å². The number of anilines is 1. The van der Waals surface area contributed by atoms with Gasteiger partial charge in [0.25, 0.3) is 11.5 Å². The Labute approximate surface area is 225 Å². The Bertz CT molecular complexity index is 1640. The highest BCUT2D eigenvalue weighted by molar-refractivity contribution is 9.10. The van der Waals surface area contributed by atoms with E-state index < -0.39 is 34.5 Å². The van der Waals surface area contributed by atoms with Gasteiger partial charge in [-0.2, -0.15) is 9.78 Å². The first kappa shape index (κ1) is 26.1. The summed E-state index contributed by atoms with van der Waals surface area (Å²) >= 11 is 6.54. The summed E-state index contributed by atoms with van der Waals surface area (Å²) < 4.78 is 21.4. The average molecular weight is 633 g/mol. The number of amides is 1. The minimum Gasteiger partial charge on any atom is -0.476 e. The molecule has 37 heavy (non-hydrogen) atoms. The molecule has 13 heteroatoms. The number of hydrogen-bond donors (Lipinski definition) is 1. The highest BCUT2D eigenvalue weighted by Gasteiger charge is 2.22. The maximum absolute atomic E-state index is 13.8. The van der Waals surface area contributed by atoms with Crippen LogP contribution in [0.4, 0.5) is 15.8 Å². The summed E-state index contributed by atoms with van der Waals surface area (Å²) in [6.45, 7) is 0.941. The molecule has 4 aromatic rings. The number of nitro benzene ring substituents is 1. The summed E-state index contributed by atoms with van der Waals surface area (Å²) in [5.41, 5.74) is -0.357. The molecule has 0 aliphatic carbocycles. The first-order valence-electron chi connectivity index (χ1n) is 10.5. The number of hydrogen-bond acceptors (Lipinski definition) is 7. The van der Waals surface area contributed by atoms with Crippen LogP contribution in [0.15, 0.2) is 73.4 Å². The van der Waals surface area contributed by atoms with E-state index >= 15 is 0 Å². The third kappa shape index (κ3) is 5.89. The lowest BCUT2D eigenvalue weighted by atomic mass is 10.2. The van der Waals surface area contributed by atoms with Crippen molar-refractivity contribution in [2.45, 2.75) is 6.92 Å². The average Bonchev–Trinajstić information content (AvgIpc) is 2.84. The third-order valence-electron chi connectivity index (χ3n) is 5.04. The molecule has 188 valence electrons. The molecule has 0 unspecified atom stereocenters. The Morgan fingerprint density at radius 3 is 2.70 bits per heavy atom. The Kier molecular flexibility index (Phi) is 7.74. The van der Waals surface area contributed by atoms with Crippen LogP contribution in [-0.2, 0) is 4.79 Å². The minimum atomic E-state index is -0.735. The molecule has 3 aromatic carbocycles. The molecule has 0 fully saturated rings. The SMILES string of the molecule is Cc1nc2ccc(Br)cc2c(=O)n1N=Cc1cc(Br)cc([N+](=O)[O-])c1OCC(=O)Nc1ccccc1F. The van der Waals surface area contributed by atoms with E-state index in [9.17, 15) is 24.1 Å². The van der Waals surface area contributed by atoms with Gasteiger partial charge >= 0.3 is 5.69 Å². The quantitative estimate of drug-likeness (QED) is 0.170. The van der Waals surface area contributed by atoms with E-state index in [1.54, 1.807) is 25.1 Å². The molecular weight excluding hydrogens is 617 g/mol. The maximum Gasteiger partial charge on any atom is 0.312 e. The first-order valence-corrected chi connectivity index (χ1v) is 12.1. The second-order valence-electron chi connectivity index (χ2n) is 7.60. The van der Waals surface area contributed by atoms with Crippen molar-refractivity contribution in [3.05, 3.63) is 101 Å². The van der Waals surface area contributed by atoms with Crippen LogP contribution < -0.4 is 15.6 Å². The van der Waals surface area contributed by atoms with E-state index in [0.29, 0.717) is 19.8 Å². The molecule has 1 aromatic heterocycles. The Morgan fingerprint density at radius 1 is 1.22 bits per heavy atom. The summed E-state index contributed by atoms with van der Waals surface area (Å²) in [5, 5.41) is 18.6. The zero-order chi connectivity index (χ0) is 26.7. The van der Waals surface area contributed by atoms with E-state index in [-0.39, 0.29) is 22.8 Å². The van der Waals surface area contributed by atoms with Gasteiger partial charge in [0.1, 0.15) is 11.6 Å². The van der Waals surface area contributed by atoms with Crippen molar-refractivity contribution >= 4 is 66.3 Å². The molecule has 0 bridgehead atoms. The Morgan fingerprint density at radius 2 is 1.97 bits per heavy atom. The molecule has 0 radical (unpaired) electrons. The van der Waals surface area contributed by atoms with Gasteiger partial charge in [0.05, 0.1) is 27.7 Å². The summed E-state index contributed by atoms with van der Waals surface area (Å²) in [5.74, 6) is -1.35. The van der Waals surface area contributed by atoms with Crippen LogP contribution in [0.2, 0.25) is 0 Å². The minimum absolute atomic E-state index is 0.0616. The molecule has 0 aliphatic rings. The summed E-state index contributed by atoms with van der Waals surface area (Å²) in [6, 6.07) is 13.3. The van der Waals surface area contributed by atoms with E-state index in [0.717, 1.165) is 4.68 Å². The van der Waals surface area contributed by atoms with Crippen LogP contribution in [0.1, 0.15) is 11.4 Å². The Hall–Kier alpha value is -3.97. The van der Waals surface area contributed by atoms with Gasteiger partial charge in [0.15, 0.2) is 6.61 Å². The van der Waals surface area contributed by atoms with Crippen LogP contribution in [0.5, 0.6) is 5.75 Å². The third-order valence-corrected chi connectivity index (χ3v) is 5.99. The number of halogens is 3. The highest BCUT2D eigenvalue weighted by Crippen LogP contribution is 2.34. The van der Waals surface area contributed by atoms with Crippen LogP contribution >= 0.6 is 31.9 Å². The second-order valence-corrected chi connectivity index (χ2v) is 9.43. The standard InChI is InChI=1S/C24H16Br2FN5O5/c1-13-29-19-7-6-15(25)9-17(19)24(34)31(13)28-11-14-8-16(26)10-21(32(35)36)23(14)37-12-22(33)30-20-5-3-2-4-18(20)27/h2-11H,12H2,1H3,(H,30,33). The number of fused-ring (bicyclic) bond motifs is 1. The van der Waals surface area contributed by atoms with Gasteiger partial charge in [0, 0.05) is 20.6 Å². The predicted octanol–water partition coefficient (Wildman–Crippen LogP) is 5.18. The largest absolute Gasteiger partial charge is 0.476 e. The van der Waals surface area contributed by atoms with E-state index in [1.807, 2.05) is 0 Å². The van der Waals surface area contributed by atoms with Gasteiger partial charge in [-0.05, 0) is 43.3 Å². The topological polar surface area (TPSA) is 129 Å². The summed E-state index contributed by atoms with van der Waals surface area (Å²) in [4.78, 5) is 40.8. The van der Waals surface area contributed by atoms with E-state index in [1.165, 1.54) is 42.6 Å². The van der Waals surface area contributed by atoms with Crippen molar-refractivity contribution in [1.29, 1.82) is 0 Å². The van der Waals surface area contributed by atoms with E-state index in [2.05, 4.69) is 47.3 Å². The smallest absolute Gasteiger partial charge is 0.312 e. The molecule has 0 spiro atoms. The molecule has 1 N–H and O–H groups in total. The second kappa shape index (κ2) is 11.0. The highest BCUT2D eigenvalue weighted by atomic mass is 79.9. The molecule has 1 amide bonds. The lowest BCUT2D eigenvalue weighted by Gasteiger charge is -2.11. The lowest BCUT2D eigenvalue weighted by Crippen LogP contribution is -2.22. The number of carbonyl (C=O) groups excluding carboxylic acids is 1. The van der Waals surface area contributed by atoms with Crippen LogP contribution in [0.3, 0.4) is 0 Å². The van der Waals surface area contributed by atoms with Crippen LogP contribution in [0, 0.1) is 22.9 Å². The number of rotatable bonds is 7. The number of ether oxygens (including phenoxy) is 1. The van der Waals surface area contributed by atoms with Gasteiger partial charge in [-0.1, -0.05) is 44.0 Å². The number of aryl methyl sites for hydroxylation is 1. The number of nitrogens with zero attached hydrogens (tertiary/aromatic N) is 4. The van der Waals surface area contributed by atoms with Crippen LogP contribution in [-0.4, -0.2) is 33.3 Å². The first-order chi connectivity index (χ1) is 17.6. The molecule has 10 nitrogen and oxygen atoms in total. The van der Waals surface area contributed by atoms with Gasteiger partial charge in [-0.25, -0.2) is 9.37 Å². The molecule has 0 atom stereocenters. The summed E-state index contributed by atoms with van der Waals surface area (Å²) in [6.07, 6.45) is 1.20. The maximum atomic E-state index is 13.8. The molecule has 0 saturated carbocycles. The van der Waals surface area contributed by atoms with Gasteiger partial charge < -0.3 is 10.1 Å². The fourth-order valence-corrected chi connectivity index (χ4v) is 4.22. The molecule has 0 saturated heterocycles. The predicted molar refractivity (Wildman–Crippen MR) is 143 cm³/mol. The molecule has 4 rings (SSSR count). The number of nitrogens with one attached hydrogen (secondary N) is 1. The lowest BCUT2D eigenvalue weighted by molar-refractivity contribution is -0.385. The molecule has 0 aliphatic heterocycles. The fraction of sp³-hybridized carbons (Fsp3) is 0.0833. The number of para-hydroxylation sites is 1.